The molecule has 2 rings (SSSR count). The third-order valence-corrected chi connectivity index (χ3v) is 4.45. The Hall–Kier alpha value is -1.78. The van der Waals surface area contributed by atoms with Crippen LogP contribution in [-0.4, -0.2) is 17.9 Å². The average molecular weight is 347 g/mol. The van der Waals surface area contributed by atoms with Crippen LogP contribution < -0.4 is 5.43 Å². The van der Waals surface area contributed by atoms with Crippen molar-refractivity contribution in [2.75, 3.05) is 5.75 Å². The third kappa shape index (κ3) is 6.08. The molecule has 0 aliphatic heterocycles. The highest BCUT2D eigenvalue weighted by Crippen LogP contribution is 2.19. The Morgan fingerprint density at radius 2 is 1.83 bits per heavy atom. The van der Waals surface area contributed by atoms with Crippen molar-refractivity contribution in [2.24, 2.45) is 5.10 Å². The van der Waals surface area contributed by atoms with Gasteiger partial charge in [0.2, 0.25) is 5.91 Å². The number of carbonyl (C=O) groups is 1. The highest BCUT2D eigenvalue weighted by Gasteiger charge is 2.02. The van der Waals surface area contributed by atoms with Gasteiger partial charge in [-0.2, -0.15) is 5.10 Å². The van der Waals surface area contributed by atoms with E-state index in [1.165, 1.54) is 17.3 Å². The molecular formula is C18H19ClN2OS. The van der Waals surface area contributed by atoms with Crippen LogP contribution in [0.4, 0.5) is 0 Å². The number of nitrogens with one attached hydrogen (secondary N) is 1. The van der Waals surface area contributed by atoms with Crippen molar-refractivity contribution in [3.8, 4) is 0 Å². The van der Waals surface area contributed by atoms with Crippen LogP contribution in [0.3, 0.4) is 0 Å². The first-order valence-corrected chi connectivity index (χ1v) is 8.71. The van der Waals surface area contributed by atoms with Gasteiger partial charge in [0.25, 0.3) is 0 Å². The molecule has 0 heterocycles. The predicted molar refractivity (Wildman–Crippen MR) is 98.4 cm³/mol. The number of halogens is 1. The summed E-state index contributed by atoms with van der Waals surface area (Å²) in [7, 11) is 0. The minimum Gasteiger partial charge on any atom is -0.272 e. The van der Waals surface area contributed by atoms with Crippen LogP contribution in [-0.2, 0) is 4.79 Å². The molecule has 2 aromatic rings. The SMILES string of the molecule is CC(C)c1ccc(C=NNC(=O)CSc2ccc(Cl)cc2)cc1. The van der Waals surface area contributed by atoms with Gasteiger partial charge < -0.3 is 0 Å². The first-order chi connectivity index (χ1) is 11.0. The summed E-state index contributed by atoms with van der Waals surface area (Å²) >= 11 is 7.26. The Morgan fingerprint density at radius 3 is 2.43 bits per heavy atom. The van der Waals surface area contributed by atoms with Crippen molar-refractivity contribution in [3.63, 3.8) is 0 Å². The lowest BCUT2D eigenvalue weighted by molar-refractivity contribution is -0.118. The topological polar surface area (TPSA) is 41.5 Å². The summed E-state index contributed by atoms with van der Waals surface area (Å²) < 4.78 is 0. The maximum atomic E-state index is 11.7. The monoisotopic (exact) mass is 346 g/mol. The molecule has 0 radical (unpaired) electrons. The summed E-state index contributed by atoms with van der Waals surface area (Å²) in [6, 6.07) is 15.5. The lowest BCUT2D eigenvalue weighted by atomic mass is 10.0. The smallest absolute Gasteiger partial charge is 0.250 e. The van der Waals surface area contributed by atoms with Gasteiger partial charge in [-0.05, 0) is 41.3 Å². The third-order valence-electron chi connectivity index (χ3n) is 3.19. The van der Waals surface area contributed by atoms with E-state index in [1.807, 2.05) is 24.3 Å². The zero-order valence-corrected chi connectivity index (χ0v) is 14.7. The molecule has 0 aliphatic carbocycles. The zero-order valence-electron chi connectivity index (χ0n) is 13.1. The summed E-state index contributed by atoms with van der Waals surface area (Å²) in [6.07, 6.45) is 1.65. The van der Waals surface area contributed by atoms with E-state index >= 15 is 0 Å². The Kier molecular flexibility index (Phi) is 6.68. The van der Waals surface area contributed by atoms with Gasteiger partial charge in [-0.1, -0.05) is 49.7 Å². The van der Waals surface area contributed by atoms with E-state index in [4.69, 9.17) is 11.6 Å². The van der Waals surface area contributed by atoms with Crippen molar-refractivity contribution in [1.29, 1.82) is 0 Å². The van der Waals surface area contributed by atoms with Crippen LogP contribution in [0.5, 0.6) is 0 Å². The second-order valence-electron chi connectivity index (χ2n) is 5.36. The van der Waals surface area contributed by atoms with Gasteiger partial charge in [0.1, 0.15) is 0 Å². The molecule has 0 spiro atoms. The minimum absolute atomic E-state index is 0.139. The normalized spacial score (nSPS) is 11.1. The molecule has 23 heavy (non-hydrogen) atoms. The number of nitrogens with zero attached hydrogens (tertiary/aromatic N) is 1. The maximum absolute atomic E-state index is 11.7. The molecule has 0 unspecified atom stereocenters. The van der Waals surface area contributed by atoms with E-state index in [-0.39, 0.29) is 5.91 Å². The molecule has 0 fully saturated rings. The summed E-state index contributed by atoms with van der Waals surface area (Å²) in [5.74, 6) is 0.677. The van der Waals surface area contributed by atoms with Crippen molar-refractivity contribution >= 4 is 35.5 Å². The fraction of sp³-hybridized carbons (Fsp3) is 0.222. The summed E-state index contributed by atoms with van der Waals surface area (Å²) in [4.78, 5) is 12.7. The minimum atomic E-state index is -0.139. The lowest BCUT2D eigenvalue weighted by Gasteiger charge is -2.04. The van der Waals surface area contributed by atoms with Crippen molar-refractivity contribution < 1.29 is 4.79 Å². The maximum Gasteiger partial charge on any atom is 0.250 e. The number of hydrogen-bond donors (Lipinski definition) is 1. The first kappa shape index (κ1) is 17.6. The number of benzene rings is 2. The molecule has 2 aromatic carbocycles. The van der Waals surface area contributed by atoms with E-state index in [0.29, 0.717) is 16.7 Å². The molecule has 5 heteroatoms. The Bertz CT molecular complexity index is 666. The predicted octanol–water partition coefficient (Wildman–Crippen LogP) is 4.71. The van der Waals surface area contributed by atoms with Gasteiger partial charge in [-0.3, -0.25) is 4.79 Å². The molecule has 0 aliphatic rings. The number of carbonyl (C=O) groups excluding carboxylic acids is 1. The van der Waals surface area contributed by atoms with Gasteiger partial charge in [0, 0.05) is 9.92 Å². The fourth-order valence-corrected chi connectivity index (χ4v) is 2.67. The van der Waals surface area contributed by atoms with Gasteiger partial charge >= 0.3 is 0 Å². The second-order valence-corrected chi connectivity index (χ2v) is 6.84. The van der Waals surface area contributed by atoms with Gasteiger partial charge in [0.05, 0.1) is 12.0 Å². The summed E-state index contributed by atoms with van der Waals surface area (Å²) in [5.41, 5.74) is 4.78. The van der Waals surface area contributed by atoms with Gasteiger partial charge in [0.15, 0.2) is 0 Å². The van der Waals surface area contributed by atoms with Crippen molar-refractivity contribution in [2.45, 2.75) is 24.7 Å². The summed E-state index contributed by atoms with van der Waals surface area (Å²) in [5, 5.41) is 4.67. The molecule has 3 nitrogen and oxygen atoms in total. The number of amides is 1. The number of thioether (sulfide) groups is 1. The van der Waals surface area contributed by atoms with Crippen molar-refractivity contribution in [1.82, 2.24) is 5.43 Å². The quantitative estimate of drug-likeness (QED) is 0.467. The molecule has 0 atom stereocenters. The number of hydrogen-bond acceptors (Lipinski definition) is 3. The van der Waals surface area contributed by atoms with E-state index in [1.54, 1.807) is 18.3 Å². The Balaban J connectivity index is 1.78. The van der Waals surface area contributed by atoms with Gasteiger partial charge in [-0.25, -0.2) is 5.43 Å². The number of hydrazone groups is 1. The van der Waals surface area contributed by atoms with Gasteiger partial charge in [-0.15, -0.1) is 11.8 Å². The van der Waals surface area contributed by atoms with E-state index in [9.17, 15) is 4.79 Å². The molecule has 0 saturated heterocycles. The first-order valence-electron chi connectivity index (χ1n) is 7.35. The van der Waals surface area contributed by atoms with Crippen LogP contribution in [0.1, 0.15) is 30.9 Å². The Labute approximate surface area is 146 Å². The zero-order chi connectivity index (χ0) is 16.7. The van der Waals surface area contributed by atoms with E-state index in [2.05, 4.69) is 36.5 Å². The van der Waals surface area contributed by atoms with Crippen LogP contribution in [0.2, 0.25) is 5.02 Å². The van der Waals surface area contributed by atoms with Crippen LogP contribution in [0.25, 0.3) is 0 Å². The summed E-state index contributed by atoms with van der Waals surface area (Å²) in [6.45, 7) is 4.31. The standard InChI is InChI=1S/C18H19ClN2OS/c1-13(2)15-5-3-14(4-6-15)11-20-21-18(22)12-23-17-9-7-16(19)8-10-17/h3-11,13H,12H2,1-2H3,(H,21,22). The largest absolute Gasteiger partial charge is 0.272 e. The molecule has 120 valence electrons. The highest BCUT2D eigenvalue weighted by molar-refractivity contribution is 8.00. The van der Waals surface area contributed by atoms with Crippen molar-refractivity contribution in [3.05, 3.63) is 64.7 Å². The molecule has 0 saturated carbocycles. The van der Waals surface area contributed by atoms with Crippen LogP contribution in [0.15, 0.2) is 58.5 Å². The Morgan fingerprint density at radius 1 is 1.17 bits per heavy atom. The van der Waals surface area contributed by atoms with E-state index in [0.717, 1.165) is 10.5 Å². The highest BCUT2D eigenvalue weighted by atomic mass is 35.5. The molecule has 0 aromatic heterocycles. The number of rotatable bonds is 6. The lowest BCUT2D eigenvalue weighted by Crippen LogP contribution is -2.19. The second kappa shape index (κ2) is 8.75. The molecule has 1 N–H and O–H groups in total. The fourth-order valence-electron chi connectivity index (χ4n) is 1.86. The average Bonchev–Trinajstić information content (AvgIpc) is 2.55. The van der Waals surface area contributed by atoms with Crippen LogP contribution in [0, 0.1) is 0 Å². The van der Waals surface area contributed by atoms with Crippen LogP contribution >= 0.6 is 23.4 Å². The van der Waals surface area contributed by atoms with E-state index < -0.39 is 0 Å². The molecule has 0 bridgehead atoms. The molecule has 1 amide bonds. The molecular weight excluding hydrogens is 328 g/mol.